The van der Waals surface area contributed by atoms with Gasteiger partial charge in [0, 0.05) is 25.2 Å². The lowest BCUT2D eigenvalue weighted by Gasteiger charge is -2.06. The summed E-state index contributed by atoms with van der Waals surface area (Å²) in [6.45, 7) is 3.20. The summed E-state index contributed by atoms with van der Waals surface area (Å²) < 4.78 is 7.74. The van der Waals surface area contributed by atoms with Crippen LogP contribution in [-0.2, 0) is 7.05 Å². The number of hydrogen-bond donors (Lipinski definition) is 1. The summed E-state index contributed by atoms with van der Waals surface area (Å²) in [5.74, 6) is 0.927. The molecule has 2 N–H and O–H groups in total. The van der Waals surface area contributed by atoms with Crippen LogP contribution in [0.4, 0.5) is 0 Å². The second-order valence-electron chi connectivity index (χ2n) is 3.71. The van der Waals surface area contributed by atoms with Gasteiger partial charge in [0.05, 0.1) is 5.52 Å². The number of aryl methyl sites for hydroxylation is 2. The summed E-state index contributed by atoms with van der Waals surface area (Å²) in [6, 6.07) is 6.09. The van der Waals surface area contributed by atoms with Crippen LogP contribution < -0.4 is 10.5 Å². The largest absolute Gasteiger partial charge is 0.492 e. The summed E-state index contributed by atoms with van der Waals surface area (Å²) in [6.07, 6.45) is 2.11. The van der Waals surface area contributed by atoms with Crippen LogP contribution >= 0.6 is 0 Å². The van der Waals surface area contributed by atoms with E-state index in [1.807, 2.05) is 19.2 Å². The fourth-order valence-electron chi connectivity index (χ4n) is 1.92. The average Bonchev–Trinajstić information content (AvgIpc) is 2.53. The maximum atomic E-state index is 5.62. The molecule has 0 unspecified atom stereocenters. The Balaban J connectivity index is 2.54. The first-order valence-electron chi connectivity index (χ1n) is 5.11. The highest BCUT2D eigenvalue weighted by molar-refractivity contribution is 5.89. The lowest BCUT2D eigenvalue weighted by atomic mass is 10.2. The summed E-state index contributed by atoms with van der Waals surface area (Å²) in [7, 11) is 2.04. The molecule has 0 aliphatic rings. The molecule has 0 amide bonds. The lowest BCUT2D eigenvalue weighted by molar-refractivity contribution is 0.332. The van der Waals surface area contributed by atoms with Crippen molar-refractivity contribution >= 4 is 10.9 Å². The Morgan fingerprint density at radius 1 is 1.40 bits per heavy atom. The summed E-state index contributed by atoms with van der Waals surface area (Å²) in [5.41, 5.74) is 7.87. The molecule has 0 spiro atoms. The van der Waals surface area contributed by atoms with Crippen molar-refractivity contribution in [1.82, 2.24) is 4.57 Å². The monoisotopic (exact) mass is 204 g/mol. The van der Waals surface area contributed by atoms with E-state index in [9.17, 15) is 0 Å². The smallest absolute Gasteiger partial charge is 0.129 e. The van der Waals surface area contributed by atoms with Gasteiger partial charge < -0.3 is 15.0 Å². The van der Waals surface area contributed by atoms with Gasteiger partial charge in [0.1, 0.15) is 12.4 Å². The standard InChI is InChI=1S/C12H16N2O/c1-9-8-14(2)10-4-3-5-11(12(9)10)15-7-6-13/h3-5,8H,6-7,13H2,1-2H3. The van der Waals surface area contributed by atoms with E-state index in [-0.39, 0.29) is 0 Å². The van der Waals surface area contributed by atoms with Gasteiger partial charge in [-0.15, -0.1) is 0 Å². The van der Waals surface area contributed by atoms with Gasteiger partial charge in [-0.3, -0.25) is 0 Å². The minimum Gasteiger partial charge on any atom is -0.492 e. The molecule has 15 heavy (non-hydrogen) atoms. The minimum atomic E-state index is 0.544. The van der Waals surface area contributed by atoms with Crippen molar-refractivity contribution < 1.29 is 4.74 Å². The lowest BCUT2D eigenvalue weighted by Crippen LogP contribution is -2.10. The number of rotatable bonds is 3. The number of fused-ring (bicyclic) bond motifs is 1. The van der Waals surface area contributed by atoms with Crippen molar-refractivity contribution in [2.75, 3.05) is 13.2 Å². The molecule has 80 valence electrons. The van der Waals surface area contributed by atoms with Gasteiger partial charge in [-0.2, -0.15) is 0 Å². The van der Waals surface area contributed by atoms with E-state index in [1.165, 1.54) is 16.5 Å². The number of nitrogens with zero attached hydrogens (tertiary/aromatic N) is 1. The molecule has 0 fully saturated rings. The number of nitrogens with two attached hydrogens (primary N) is 1. The van der Waals surface area contributed by atoms with E-state index in [0.717, 1.165) is 5.75 Å². The fraction of sp³-hybridized carbons (Fsp3) is 0.333. The zero-order valence-corrected chi connectivity index (χ0v) is 9.16. The van der Waals surface area contributed by atoms with E-state index in [1.54, 1.807) is 0 Å². The van der Waals surface area contributed by atoms with Crippen LogP contribution in [0.25, 0.3) is 10.9 Å². The SMILES string of the molecule is Cc1cn(C)c2cccc(OCCN)c12. The maximum Gasteiger partial charge on any atom is 0.129 e. The van der Waals surface area contributed by atoms with Crippen LogP contribution in [0.15, 0.2) is 24.4 Å². The number of benzene rings is 1. The first kappa shape index (κ1) is 10.1. The van der Waals surface area contributed by atoms with E-state index < -0.39 is 0 Å². The van der Waals surface area contributed by atoms with Gasteiger partial charge in [0.15, 0.2) is 0 Å². The third-order valence-electron chi connectivity index (χ3n) is 2.54. The maximum absolute atomic E-state index is 5.62. The van der Waals surface area contributed by atoms with Crippen LogP contribution in [0, 0.1) is 6.92 Å². The van der Waals surface area contributed by atoms with E-state index in [2.05, 4.69) is 23.8 Å². The van der Waals surface area contributed by atoms with Crippen molar-refractivity contribution in [3.63, 3.8) is 0 Å². The van der Waals surface area contributed by atoms with Gasteiger partial charge in [-0.1, -0.05) is 6.07 Å². The highest BCUT2D eigenvalue weighted by Gasteiger charge is 2.08. The molecular formula is C12H16N2O. The summed E-state index contributed by atoms with van der Waals surface area (Å²) in [5, 5.41) is 1.19. The molecule has 3 nitrogen and oxygen atoms in total. The average molecular weight is 204 g/mol. The molecule has 0 atom stereocenters. The Kier molecular flexibility index (Phi) is 2.64. The normalized spacial score (nSPS) is 10.9. The van der Waals surface area contributed by atoms with Crippen LogP contribution in [0.1, 0.15) is 5.56 Å². The Morgan fingerprint density at radius 3 is 2.93 bits per heavy atom. The zero-order valence-electron chi connectivity index (χ0n) is 9.16. The van der Waals surface area contributed by atoms with Crippen molar-refractivity contribution in [2.24, 2.45) is 12.8 Å². The Labute approximate surface area is 89.4 Å². The number of ether oxygens (including phenoxy) is 1. The quantitative estimate of drug-likeness (QED) is 0.828. The molecule has 0 aliphatic carbocycles. The zero-order chi connectivity index (χ0) is 10.8. The molecule has 0 radical (unpaired) electrons. The molecule has 2 aromatic rings. The molecule has 2 rings (SSSR count). The van der Waals surface area contributed by atoms with E-state index in [4.69, 9.17) is 10.5 Å². The van der Waals surface area contributed by atoms with E-state index in [0.29, 0.717) is 13.2 Å². The fourth-order valence-corrected chi connectivity index (χ4v) is 1.92. The van der Waals surface area contributed by atoms with Crippen LogP contribution in [0.5, 0.6) is 5.75 Å². The van der Waals surface area contributed by atoms with Gasteiger partial charge in [-0.25, -0.2) is 0 Å². The topological polar surface area (TPSA) is 40.2 Å². The third kappa shape index (κ3) is 1.70. The van der Waals surface area contributed by atoms with Gasteiger partial charge in [-0.05, 0) is 24.6 Å². The molecule has 1 heterocycles. The molecule has 0 aliphatic heterocycles. The molecule has 0 bridgehead atoms. The van der Waals surface area contributed by atoms with Gasteiger partial charge in [0.25, 0.3) is 0 Å². The predicted molar refractivity (Wildman–Crippen MR) is 62.2 cm³/mol. The van der Waals surface area contributed by atoms with Crippen molar-refractivity contribution in [1.29, 1.82) is 0 Å². The number of aromatic nitrogens is 1. The predicted octanol–water partition coefficient (Wildman–Crippen LogP) is 1.82. The molecule has 0 saturated heterocycles. The van der Waals surface area contributed by atoms with Crippen LogP contribution in [-0.4, -0.2) is 17.7 Å². The third-order valence-corrected chi connectivity index (χ3v) is 2.54. The molecule has 0 saturated carbocycles. The number of hydrogen-bond acceptors (Lipinski definition) is 2. The molecule has 1 aromatic heterocycles. The van der Waals surface area contributed by atoms with Gasteiger partial charge in [0.2, 0.25) is 0 Å². The van der Waals surface area contributed by atoms with Crippen molar-refractivity contribution in [2.45, 2.75) is 6.92 Å². The second-order valence-corrected chi connectivity index (χ2v) is 3.71. The van der Waals surface area contributed by atoms with E-state index >= 15 is 0 Å². The van der Waals surface area contributed by atoms with Gasteiger partial charge >= 0.3 is 0 Å². The molecule has 1 aromatic carbocycles. The van der Waals surface area contributed by atoms with Crippen molar-refractivity contribution in [3.8, 4) is 5.75 Å². The summed E-state index contributed by atoms with van der Waals surface area (Å²) >= 11 is 0. The highest BCUT2D eigenvalue weighted by atomic mass is 16.5. The first-order valence-corrected chi connectivity index (χ1v) is 5.11. The Morgan fingerprint density at radius 2 is 2.20 bits per heavy atom. The van der Waals surface area contributed by atoms with Crippen LogP contribution in [0.2, 0.25) is 0 Å². The van der Waals surface area contributed by atoms with Crippen LogP contribution in [0.3, 0.4) is 0 Å². The molecule has 3 heteroatoms. The Hall–Kier alpha value is -1.48. The second kappa shape index (κ2) is 3.95. The minimum absolute atomic E-state index is 0.544. The highest BCUT2D eigenvalue weighted by Crippen LogP contribution is 2.29. The Bertz CT molecular complexity index is 474. The van der Waals surface area contributed by atoms with Crippen molar-refractivity contribution in [3.05, 3.63) is 30.0 Å². The first-order chi connectivity index (χ1) is 7.24. The molecular weight excluding hydrogens is 188 g/mol. The summed E-state index contributed by atoms with van der Waals surface area (Å²) in [4.78, 5) is 0.